The van der Waals surface area contributed by atoms with Crippen molar-refractivity contribution in [2.75, 3.05) is 6.61 Å². The topological polar surface area (TPSA) is 105 Å². The second kappa shape index (κ2) is 10.6. The number of carbonyl (C=O) groups is 2. The Morgan fingerprint density at radius 3 is 2.55 bits per heavy atom. The van der Waals surface area contributed by atoms with Gasteiger partial charge in [-0.1, -0.05) is 30.3 Å². The highest BCUT2D eigenvalue weighted by molar-refractivity contribution is 5.99. The molecule has 1 atom stereocenters. The number of amides is 1. The van der Waals surface area contributed by atoms with E-state index in [2.05, 4.69) is 10.3 Å². The molecule has 0 fully saturated rings. The summed E-state index contributed by atoms with van der Waals surface area (Å²) in [6.07, 6.45) is 2.26. The van der Waals surface area contributed by atoms with E-state index in [1.54, 1.807) is 18.2 Å². The number of aromatic amines is 1. The molecule has 194 valence electrons. The lowest BCUT2D eigenvalue weighted by atomic mass is 10.00. The first kappa shape index (κ1) is 25.3. The number of aromatic nitrogens is 1. The quantitative estimate of drug-likeness (QED) is 0.214. The van der Waals surface area contributed by atoms with Gasteiger partial charge in [-0.25, -0.2) is 0 Å². The third-order valence-corrected chi connectivity index (χ3v) is 6.48. The van der Waals surface area contributed by atoms with Crippen molar-refractivity contribution in [3.8, 4) is 16.9 Å². The van der Waals surface area contributed by atoms with Crippen LogP contribution >= 0.6 is 0 Å². The van der Waals surface area contributed by atoms with Crippen molar-refractivity contribution in [3.63, 3.8) is 0 Å². The summed E-state index contributed by atoms with van der Waals surface area (Å²) in [7, 11) is 0. The molecule has 7 heteroatoms. The number of ether oxygens (including phenoxy) is 1. The number of hydrogen-bond acceptors (Lipinski definition) is 5. The number of aliphatic hydroxyl groups is 1. The van der Waals surface area contributed by atoms with E-state index in [1.807, 2.05) is 68.6 Å². The number of furan rings is 1. The summed E-state index contributed by atoms with van der Waals surface area (Å²) in [4.78, 5) is 28.5. The number of ketones is 1. The number of benzene rings is 3. The summed E-state index contributed by atoms with van der Waals surface area (Å²) in [5, 5.41) is 15.0. The molecule has 38 heavy (non-hydrogen) atoms. The van der Waals surface area contributed by atoms with Gasteiger partial charge in [0, 0.05) is 29.4 Å². The molecule has 0 radical (unpaired) electrons. The molecule has 0 saturated carbocycles. The first-order valence-electron chi connectivity index (χ1n) is 12.6. The predicted octanol–water partition coefficient (Wildman–Crippen LogP) is 5.90. The van der Waals surface area contributed by atoms with Crippen molar-refractivity contribution in [1.82, 2.24) is 10.3 Å². The SMILES string of the molecule is CC(=O)c1cc2cc(-c3ccc(OC(C)C)c(C(=O)N[C@@H](CO)Cc4c[nH]c5ccccc45)c3)ccc2o1. The molecule has 0 unspecified atom stereocenters. The van der Waals surface area contributed by atoms with Gasteiger partial charge < -0.3 is 24.6 Å². The average Bonchev–Trinajstić information content (AvgIpc) is 3.52. The van der Waals surface area contributed by atoms with E-state index in [0.717, 1.165) is 33.0 Å². The zero-order valence-electron chi connectivity index (χ0n) is 21.6. The Kier molecular flexibility index (Phi) is 7.03. The number of Topliss-reactive ketones (excluding diaryl/α,β-unsaturated/α-hetero) is 1. The molecule has 0 bridgehead atoms. The van der Waals surface area contributed by atoms with E-state index in [0.29, 0.717) is 29.1 Å². The maximum absolute atomic E-state index is 13.5. The van der Waals surface area contributed by atoms with Gasteiger partial charge in [0.25, 0.3) is 5.91 Å². The number of aliphatic hydroxyl groups excluding tert-OH is 1. The number of para-hydroxylation sites is 1. The van der Waals surface area contributed by atoms with Gasteiger partial charge in [0.15, 0.2) is 11.5 Å². The highest BCUT2D eigenvalue weighted by Gasteiger charge is 2.20. The molecule has 0 spiro atoms. The molecular formula is C31H30N2O5. The Morgan fingerprint density at radius 1 is 1.03 bits per heavy atom. The summed E-state index contributed by atoms with van der Waals surface area (Å²) < 4.78 is 11.6. The van der Waals surface area contributed by atoms with Gasteiger partial charge in [-0.2, -0.15) is 0 Å². The van der Waals surface area contributed by atoms with E-state index in [1.165, 1.54) is 6.92 Å². The number of rotatable bonds is 9. The van der Waals surface area contributed by atoms with Crippen LogP contribution in [0.4, 0.5) is 0 Å². The molecule has 0 aliphatic carbocycles. The fourth-order valence-electron chi connectivity index (χ4n) is 4.63. The van der Waals surface area contributed by atoms with Crippen LogP contribution in [0.15, 0.2) is 77.3 Å². The van der Waals surface area contributed by atoms with Gasteiger partial charge in [0.05, 0.1) is 24.3 Å². The van der Waals surface area contributed by atoms with Crippen molar-refractivity contribution >= 4 is 33.6 Å². The van der Waals surface area contributed by atoms with Crippen LogP contribution in [0.3, 0.4) is 0 Å². The van der Waals surface area contributed by atoms with Crippen LogP contribution in [-0.2, 0) is 6.42 Å². The molecule has 5 rings (SSSR count). The van der Waals surface area contributed by atoms with E-state index in [4.69, 9.17) is 9.15 Å². The van der Waals surface area contributed by atoms with E-state index in [9.17, 15) is 14.7 Å². The van der Waals surface area contributed by atoms with Crippen molar-refractivity contribution in [2.24, 2.45) is 0 Å². The first-order chi connectivity index (χ1) is 18.3. The number of fused-ring (bicyclic) bond motifs is 2. The third kappa shape index (κ3) is 5.19. The Labute approximate surface area is 220 Å². The molecule has 0 saturated heterocycles. The fraction of sp³-hybridized carbons (Fsp3) is 0.226. The monoisotopic (exact) mass is 510 g/mol. The second-order valence-electron chi connectivity index (χ2n) is 9.71. The van der Waals surface area contributed by atoms with Crippen LogP contribution in [0, 0.1) is 0 Å². The minimum atomic E-state index is -0.482. The molecule has 5 aromatic rings. The maximum atomic E-state index is 13.5. The van der Waals surface area contributed by atoms with Gasteiger partial charge in [0.1, 0.15) is 11.3 Å². The minimum Gasteiger partial charge on any atom is -0.490 e. The van der Waals surface area contributed by atoms with Crippen molar-refractivity contribution in [2.45, 2.75) is 39.3 Å². The molecule has 3 N–H and O–H groups in total. The van der Waals surface area contributed by atoms with Crippen LogP contribution in [0.2, 0.25) is 0 Å². The Balaban J connectivity index is 1.44. The van der Waals surface area contributed by atoms with Crippen LogP contribution in [0.25, 0.3) is 33.0 Å². The van der Waals surface area contributed by atoms with Gasteiger partial charge in [-0.3, -0.25) is 9.59 Å². The Morgan fingerprint density at radius 2 is 1.79 bits per heavy atom. The van der Waals surface area contributed by atoms with Crippen molar-refractivity contribution in [3.05, 3.63) is 89.8 Å². The fourth-order valence-corrected chi connectivity index (χ4v) is 4.63. The molecular weight excluding hydrogens is 480 g/mol. The number of hydrogen-bond donors (Lipinski definition) is 3. The molecule has 0 aliphatic heterocycles. The highest BCUT2D eigenvalue weighted by atomic mass is 16.5. The summed E-state index contributed by atoms with van der Waals surface area (Å²) in [6, 6.07) is 20.3. The van der Waals surface area contributed by atoms with Crippen molar-refractivity contribution in [1.29, 1.82) is 0 Å². The van der Waals surface area contributed by atoms with Crippen LogP contribution in [-0.4, -0.2) is 40.5 Å². The van der Waals surface area contributed by atoms with Crippen molar-refractivity contribution < 1.29 is 23.8 Å². The smallest absolute Gasteiger partial charge is 0.255 e. The predicted molar refractivity (Wildman–Crippen MR) is 148 cm³/mol. The van der Waals surface area contributed by atoms with Crippen LogP contribution in [0.1, 0.15) is 47.2 Å². The molecule has 3 aromatic carbocycles. The van der Waals surface area contributed by atoms with E-state index >= 15 is 0 Å². The molecule has 7 nitrogen and oxygen atoms in total. The number of H-pyrrole nitrogens is 1. The van der Waals surface area contributed by atoms with Gasteiger partial charge in [-0.15, -0.1) is 0 Å². The zero-order chi connectivity index (χ0) is 26.8. The average molecular weight is 511 g/mol. The highest BCUT2D eigenvalue weighted by Crippen LogP contribution is 2.31. The summed E-state index contributed by atoms with van der Waals surface area (Å²) >= 11 is 0. The minimum absolute atomic E-state index is 0.125. The lowest BCUT2D eigenvalue weighted by Crippen LogP contribution is -2.39. The molecule has 0 aliphatic rings. The van der Waals surface area contributed by atoms with E-state index < -0.39 is 6.04 Å². The third-order valence-electron chi connectivity index (χ3n) is 6.48. The number of carbonyl (C=O) groups excluding carboxylic acids is 2. The van der Waals surface area contributed by atoms with Gasteiger partial charge in [-0.05, 0) is 73.4 Å². The van der Waals surface area contributed by atoms with Gasteiger partial charge >= 0.3 is 0 Å². The first-order valence-corrected chi connectivity index (χ1v) is 12.6. The molecule has 2 aromatic heterocycles. The van der Waals surface area contributed by atoms with E-state index in [-0.39, 0.29) is 24.4 Å². The van der Waals surface area contributed by atoms with Gasteiger partial charge in [0.2, 0.25) is 0 Å². The summed E-state index contributed by atoms with van der Waals surface area (Å²) in [5.74, 6) is 0.309. The summed E-state index contributed by atoms with van der Waals surface area (Å²) in [5.41, 5.74) is 4.72. The molecule has 1 amide bonds. The Bertz CT molecular complexity index is 1630. The normalized spacial score (nSPS) is 12.2. The lowest BCUT2D eigenvalue weighted by Gasteiger charge is -2.19. The van der Waals surface area contributed by atoms with Crippen LogP contribution in [0.5, 0.6) is 5.75 Å². The number of nitrogens with one attached hydrogen (secondary N) is 2. The lowest BCUT2D eigenvalue weighted by molar-refractivity contribution is 0.0910. The second-order valence-corrected chi connectivity index (χ2v) is 9.71. The van der Waals surface area contributed by atoms with Crippen LogP contribution < -0.4 is 10.1 Å². The Hall–Kier alpha value is -4.36. The summed E-state index contributed by atoms with van der Waals surface area (Å²) in [6.45, 7) is 5.07. The molecule has 2 heterocycles. The zero-order valence-corrected chi connectivity index (χ0v) is 21.6. The standard InChI is InChI=1S/C31H30N2O5/c1-18(2)37-29-11-9-21(20-8-10-28-22(12-20)15-30(38-28)19(3)35)14-26(29)31(36)33-24(17-34)13-23-16-32-27-7-5-4-6-25(23)27/h4-12,14-16,18,24,32,34H,13,17H2,1-3H3,(H,33,36)/t24-/m1/s1. The largest absolute Gasteiger partial charge is 0.490 e. The maximum Gasteiger partial charge on any atom is 0.255 e.